The van der Waals surface area contributed by atoms with Crippen LogP contribution in [0.25, 0.3) is 0 Å². The van der Waals surface area contributed by atoms with Crippen molar-refractivity contribution in [2.75, 3.05) is 14.2 Å². The minimum Gasteiger partial charge on any atom is -0.353 e. The van der Waals surface area contributed by atoms with Crippen molar-refractivity contribution in [2.45, 2.75) is 25.3 Å². The van der Waals surface area contributed by atoms with E-state index in [4.69, 9.17) is 17.1 Å². The van der Waals surface area contributed by atoms with Crippen LogP contribution in [-0.4, -0.2) is 24.3 Å². The van der Waals surface area contributed by atoms with E-state index in [1.165, 1.54) is 23.3 Å². The second-order valence-corrected chi connectivity index (χ2v) is 5.22. The topological polar surface area (TPSA) is 24.5 Å². The van der Waals surface area contributed by atoms with Gasteiger partial charge in [0.15, 0.2) is 5.11 Å². The molecular formula is C11H16N2OS2. The quantitative estimate of drug-likeness (QED) is 0.649. The first-order valence-corrected chi connectivity index (χ1v) is 6.65. The van der Waals surface area contributed by atoms with Crippen LogP contribution in [0.2, 0.25) is 0 Å². The van der Waals surface area contributed by atoms with Gasteiger partial charge in [0.25, 0.3) is 0 Å². The Hall–Kier alpha value is -0.650. The molecule has 0 radical (unpaired) electrons. The lowest BCUT2D eigenvalue weighted by Gasteiger charge is -2.27. The molecule has 1 heterocycles. The lowest BCUT2D eigenvalue weighted by Crippen LogP contribution is -2.39. The van der Waals surface area contributed by atoms with E-state index in [0.717, 1.165) is 6.42 Å². The third-order valence-electron chi connectivity index (χ3n) is 2.89. The van der Waals surface area contributed by atoms with Crippen molar-refractivity contribution in [1.29, 1.82) is 0 Å². The fraction of sp³-hybridized carbons (Fsp3) is 0.545. The van der Waals surface area contributed by atoms with Crippen LogP contribution in [0.3, 0.4) is 0 Å². The zero-order valence-corrected chi connectivity index (χ0v) is 11.2. The first-order valence-electron chi connectivity index (χ1n) is 5.37. The number of rotatable bonds is 2. The maximum atomic E-state index is 5.25. The molecule has 1 atom stereocenters. The standard InChI is InChI=1S/C11H16N2OS2/c1-13(14-2)11(15)12-9-5-3-4-8-6-7-16-10(8)9/h6-7,9H,3-5H2,1-2H3,(H,12,15). The van der Waals surface area contributed by atoms with Crippen molar-refractivity contribution < 1.29 is 4.84 Å². The van der Waals surface area contributed by atoms with E-state index in [2.05, 4.69) is 16.8 Å². The van der Waals surface area contributed by atoms with Crippen LogP contribution >= 0.6 is 23.6 Å². The third-order valence-corrected chi connectivity index (χ3v) is 4.34. The highest BCUT2D eigenvalue weighted by Gasteiger charge is 2.22. The van der Waals surface area contributed by atoms with Gasteiger partial charge in [0.2, 0.25) is 0 Å². The van der Waals surface area contributed by atoms with Crippen LogP contribution < -0.4 is 5.32 Å². The zero-order chi connectivity index (χ0) is 11.5. The van der Waals surface area contributed by atoms with Crippen molar-refractivity contribution in [3.63, 3.8) is 0 Å². The Labute approximate surface area is 105 Å². The van der Waals surface area contributed by atoms with Crippen LogP contribution in [0, 0.1) is 0 Å². The van der Waals surface area contributed by atoms with Gasteiger partial charge < -0.3 is 5.32 Å². The first kappa shape index (κ1) is 11.8. The average Bonchev–Trinajstić information content (AvgIpc) is 2.77. The van der Waals surface area contributed by atoms with E-state index in [9.17, 15) is 0 Å². The van der Waals surface area contributed by atoms with Crippen LogP contribution in [0.1, 0.15) is 29.3 Å². The molecule has 1 aromatic rings. The highest BCUT2D eigenvalue weighted by Crippen LogP contribution is 2.33. The molecule has 0 aromatic carbocycles. The van der Waals surface area contributed by atoms with Gasteiger partial charge in [-0.05, 0) is 48.5 Å². The molecule has 1 aliphatic rings. The molecule has 0 spiro atoms. The Morgan fingerprint density at radius 2 is 2.50 bits per heavy atom. The maximum absolute atomic E-state index is 5.25. The van der Waals surface area contributed by atoms with Gasteiger partial charge in [-0.2, -0.15) is 0 Å². The SMILES string of the molecule is CON(C)C(=S)NC1CCCc2ccsc21. The molecule has 1 N–H and O–H groups in total. The van der Waals surface area contributed by atoms with E-state index < -0.39 is 0 Å². The highest BCUT2D eigenvalue weighted by molar-refractivity contribution is 7.80. The molecule has 5 heteroatoms. The molecule has 1 unspecified atom stereocenters. The van der Waals surface area contributed by atoms with E-state index in [-0.39, 0.29) is 0 Å². The van der Waals surface area contributed by atoms with Gasteiger partial charge >= 0.3 is 0 Å². The van der Waals surface area contributed by atoms with Crippen molar-refractivity contribution in [1.82, 2.24) is 10.4 Å². The molecule has 0 amide bonds. The number of nitrogens with zero attached hydrogens (tertiary/aromatic N) is 1. The molecule has 0 aliphatic heterocycles. The lowest BCUT2D eigenvalue weighted by atomic mass is 9.95. The monoisotopic (exact) mass is 256 g/mol. The summed E-state index contributed by atoms with van der Waals surface area (Å²) in [5.41, 5.74) is 1.47. The van der Waals surface area contributed by atoms with Gasteiger partial charge in [-0.1, -0.05) is 0 Å². The fourth-order valence-electron chi connectivity index (χ4n) is 1.95. The minimum atomic E-state index is 0.355. The van der Waals surface area contributed by atoms with Gasteiger partial charge in [-0.3, -0.25) is 4.84 Å². The van der Waals surface area contributed by atoms with Crippen LogP contribution in [-0.2, 0) is 11.3 Å². The van der Waals surface area contributed by atoms with Gasteiger partial charge in [0, 0.05) is 11.9 Å². The van der Waals surface area contributed by atoms with Gasteiger partial charge in [0.05, 0.1) is 13.2 Å². The molecule has 2 rings (SSSR count). The summed E-state index contributed by atoms with van der Waals surface area (Å²) in [5.74, 6) is 0. The lowest BCUT2D eigenvalue weighted by molar-refractivity contribution is -0.0429. The summed E-state index contributed by atoms with van der Waals surface area (Å²) in [7, 11) is 3.43. The second kappa shape index (κ2) is 5.12. The first-order chi connectivity index (χ1) is 7.72. The number of hydrogen-bond donors (Lipinski definition) is 1. The molecule has 0 fully saturated rings. The molecule has 0 saturated carbocycles. The molecule has 3 nitrogen and oxygen atoms in total. The molecule has 16 heavy (non-hydrogen) atoms. The third kappa shape index (κ3) is 2.36. The van der Waals surface area contributed by atoms with E-state index in [0.29, 0.717) is 11.2 Å². The van der Waals surface area contributed by atoms with Crippen LogP contribution in [0.5, 0.6) is 0 Å². The number of hydroxylamine groups is 2. The molecule has 88 valence electrons. The van der Waals surface area contributed by atoms with Crippen molar-refractivity contribution in [3.05, 3.63) is 21.9 Å². The molecule has 0 saturated heterocycles. The fourth-order valence-corrected chi connectivity index (χ4v) is 3.21. The Balaban J connectivity index is 2.05. The second-order valence-electron chi connectivity index (χ2n) is 3.88. The summed E-state index contributed by atoms with van der Waals surface area (Å²) in [6.07, 6.45) is 3.57. The van der Waals surface area contributed by atoms with Crippen LogP contribution in [0.15, 0.2) is 11.4 Å². The van der Waals surface area contributed by atoms with Gasteiger partial charge in [-0.25, -0.2) is 5.06 Å². The summed E-state index contributed by atoms with van der Waals surface area (Å²) in [4.78, 5) is 6.48. The Morgan fingerprint density at radius 1 is 1.69 bits per heavy atom. The van der Waals surface area contributed by atoms with Crippen molar-refractivity contribution in [2.24, 2.45) is 0 Å². The Bertz CT molecular complexity index is 378. The van der Waals surface area contributed by atoms with Crippen molar-refractivity contribution >= 4 is 28.7 Å². The summed E-state index contributed by atoms with van der Waals surface area (Å²) in [6.45, 7) is 0. The predicted molar refractivity (Wildman–Crippen MR) is 70.5 cm³/mol. The predicted octanol–water partition coefficient (Wildman–Crippen LogP) is 2.49. The Kier molecular flexibility index (Phi) is 3.78. The largest absolute Gasteiger partial charge is 0.353 e. The number of aryl methyl sites for hydroxylation is 1. The van der Waals surface area contributed by atoms with Gasteiger partial charge in [0.1, 0.15) is 0 Å². The number of nitrogens with one attached hydrogen (secondary N) is 1. The number of thiocarbonyl (C=S) groups is 1. The number of hydrogen-bond acceptors (Lipinski definition) is 3. The number of fused-ring (bicyclic) bond motifs is 1. The summed E-state index contributed by atoms with van der Waals surface area (Å²) in [6, 6.07) is 2.57. The average molecular weight is 256 g/mol. The summed E-state index contributed by atoms with van der Waals surface area (Å²) < 4.78 is 0. The minimum absolute atomic E-state index is 0.355. The van der Waals surface area contributed by atoms with Gasteiger partial charge in [-0.15, -0.1) is 11.3 Å². The molecule has 0 bridgehead atoms. The van der Waals surface area contributed by atoms with E-state index in [1.807, 2.05) is 18.4 Å². The van der Waals surface area contributed by atoms with E-state index in [1.54, 1.807) is 12.2 Å². The molecular weight excluding hydrogens is 240 g/mol. The number of thiophene rings is 1. The molecule has 1 aliphatic carbocycles. The normalized spacial score (nSPS) is 19.0. The van der Waals surface area contributed by atoms with Crippen LogP contribution in [0.4, 0.5) is 0 Å². The van der Waals surface area contributed by atoms with E-state index >= 15 is 0 Å². The zero-order valence-electron chi connectivity index (χ0n) is 9.53. The smallest absolute Gasteiger partial charge is 0.193 e. The summed E-state index contributed by atoms with van der Waals surface area (Å²) >= 11 is 7.07. The summed E-state index contributed by atoms with van der Waals surface area (Å²) in [5, 5.41) is 7.74. The maximum Gasteiger partial charge on any atom is 0.193 e. The van der Waals surface area contributed by atoms with Crippen molar-refractivity contribution in [3.8, 4) is 0 Å². The highest BCUT2D eigenvalue weighted by atomic mass is 32.1. The molecule has 1 aromatic heterocycles. The Morgan fingerprint density at radius 3 is 3.25 bits per heavy atom.